The van der Waals surface area contributed by atoms with E-state index in [-0.39, 0.29) is 0 Å². The summed E-state index contributed by atoms with van der Waals surface area (Å²) in [7, 11) is 0. The molecule has 3 heterocycles. The number of nitrogens with two attached hydrogens (primary N) is 1. The van der Waals surface area contributed by atoms with Gasteiger partial charge in [-0.2, -0.15) is 4.98 Å². The van der Waals surface area contributed by atoms with Gasteiger partial charge < -0.3 is 11.1 Å². The van der Waals surface area contributed by atoms with Crippen molar-refractivity contribution in [3.05, 3.63) is 12.7 Å². The van der Waals surface area contributed by atoms with Gasteiger partial charge in [0, 0.05) is 18.5 Å². The number of nitrogen functional groups attached to an aromatic ring is 1. The first-order chi connectivity index (χ1) is 8.33. The van der Waals surface area contributed by atoms with Crippen LogP contribution in [0, 0.1) is 5.92 Å². The van der Waals surface area contributed by atoms with Gasteiger partial charge in [-0.1, -0.05) is 4.98 Å². The van der Waals surface area contributed by atoms with E-state index in [9.17, 15) is 0 Å². The van der Waals surface area contributed by atoms with Crippen LogP contribution in [0.3, 0.4) is 0 Å². The summed E-state index contributed by atoms with van der Waals surface area (Å²) in [5.41, 5.74) is 7.61. The predicted molar refractivity (Wildman–Crippen MR) is 62.0 cm³/mol. The third kappa shape index (κ3) is 1.21. The number of aromatic amines is 1. The summed E-state index contributed by atoms with van der Waals surface area (Å²) < 4.78 is 2.24. The van der Waals surface area contributed by atoms with Crippen molar-refractivity contribution in [3.63, 3.8) is 0 Å². The van der Waals surface area contributed by atoms with Crippen molar-refractivity contribution >= 4 is 17.0 Å². The number of rotatable bonds is 1. The van der Waals surface area contributed by atoms with Crippen LogP contribution in [0.4, 0.5) is 5.82 Å². The Hall–Kier alpha value is -1.69. The van der Waals surface area contributed by atoms with Crippen LogP contribution in [0.25, 0.3) is 11.2 Å². The van der Waals surface area contributed by atoms with Gasteiger partial charge >= 0.3 is 5.65 Å². The molecule has 17 heavy (non-hydrogen) atoms. The lowest BCUT2D eigenvalue weighted by Gasteiger charge is -2.20. The molecule has 2 aromatic heterocycles. The van der Waals surface area contributed by atoms with E-state index in [2.05, 4.69) is 24.8 Å². The number of H-pyrrole nitrogens is 1. The van der Waals surface area contributed by atoms with Crippen LogP contribution in [0.2, 0.25) is 0 Å². The zero-order chi connectivity index (χ0) is 11.4. The summed E-state index contributed by atoms with van der Waals surface area (Å²) in [4.78, 5) is 11.5. The highest BCUT2D eigenvalue weighted by atomic mass is 15.2. The van der Waals surface area contributed by atoms with Crippen molar-refractivity contribution in [3.8, 4) is 0 Å². The molecule has 0 spiro atoms. The second-order valence-electron chi connectivity index (χ2n) is 5.04. The van der Waals surface area contributed by atoms with E-state index in [1.54, 1.807) is 0 Å². The fourth-order valence-electron chi connectivity index (χ4n) is 3.32. The smallest absolute Gasteiger partial charge is 0.307 e. The molecular formula is C11H15N6+. The Labute approximate surface area is 98.3 Å². The summed E-state index contributed by atoms with van der Waals surface area (Å²) >= 11 is 0. The highest BCUT2D eigenvalue weighted by molar-refractivity contribution is 5.77. The van der Waals surface area contributed by atoms with E-state index >= 15 is 0 Å². The normalized spacial score (nSPS) is 31.4. The molecule has 0 amide bonds. The van der Waals surface area contributed by atoms with E-state index in [0.717, 1.165) is 23.6 Å². The number of imidazole rings is 1. The van der Waals surface area contributed by atoms with Gasteiger partial charge in [-0.3, -0.25) is 4.98 Å². The second-order valence-corrected chi connectivity index (χ2v) is 5.04. The topological polar surface area (TPSA) is 83.5 Å². The van der Waals surface area contributed by atoms with Gasteiger partial charge in [-0.25, -0.2) is 4.57 Å². The minimum absolute atomic E-state index is 0.523. The maximum Gasteiger partial charge on any atom is 0.307 e. The minimum atomic E-state index is 0.523. The van der Waals surface area contributed by atoms with Gasteiger partial charge in [0.1, 0.15) is 0 Å². The molecule has 2 bridgehead atoms. The number of hydrogen-bond acceptors (Lipinski definition) is 4. The summed E-state index contributed by atoms with van der Waals surface area (Å²) in [5.74, 6) is 1.25. The second kappa shape index (κ2) is 3.16. The predicted octanol–water partition coefficient (Wildman–Crippen LogP) is -0.250. The maximum atomic E-state index is 5.84. The summed E-state index contributed by atoms with van der Waals surface area (Å²) in [6.45, 7) is 1.12. The first-order valence-electron chi connectivity index (χ1n) is 6.05. The number of nitrogens with one attached hydrogen (secondary N) is 2. The first kappa shape index (κ1) is 9.35. The molecule has 2 aromatic rings. The Bertz CT molecular complexity index is 576. The highest BCUT2D eigenvalue weighted by Gasteiger charge is 2.43. The van der Waals surface area contributed by atoms with Crippen molar-refractivity contribution < 1.29 is 4.57 Å². The molecule has 4 N–H and O–H groups in total. The number of hydrogen-bond donors (Lipinski definition) is 3. The van der Waals surface area contributed by atoms with E-state index in [1.807, 2.05) is 6.33 Å². The van der Waals surface area contributed by atoms with Crippen molar-refractivity contribution in [2.75, 3.05) is 12.3 Å². The molecule has 1 aliphatic heterocycles. The van der Waals surface area contributed by atoms with Crippen LogP contribution >= 0.6 is 0 Å². The number of piperidine rings is 1. The van der Waals surface area contributed by atoms with Gasteiger partial charge in [0.25, 0.3) is 0 Å². The molecule has 2 fully saturated rings. The molecule has 1 saturated carbocycles. The molecular weight excluding hydrogens is 216 g/mol. The molecule has 1 aliphatic carbocycles. The maximum absolute atomic E-state index is 5.84. The molecule has 6 nitrogen and oxygen atoms in total. The largest absolute Gasteiger partial charge is 0.380 e. The van der Waals surface area contributed by atoms with Crippen molar-refractivity contribution in [1.29, 1.82) is 0 Å². The Morgan fingerprint density at radius 2 is 2.29 bits per heavy atom. The Morgan fingerprint density at radius 1 is 1.35 bits per heavy atom. The van der Waals surface area contributed by atoms with E-state index in [4.69, 9.17) is 5.73 Å². The van der Waals surface area contributed by atoms with Crippen LogP contribution in [0.1, 0.15) is 18.9 Å². The zero-order valence-electron chi connectivity index (χ0n) is 9.43. The van der Waals surface area contributed by atoms with Crippen LogP contribution in [0.5, 0.6) is 0 Å². The van der Waals surface area contributed by atoms with Gasteiger partial charge in [-0.05, 0) is 12.8 Å². The zero-order valence-corrected chi connectivity index (χ0v) is 9.43. The lowest BCUT2D eigenvalue weighted by molar-refractivity contribution is -0.705. The van der Waals surface area contributed by atoms with E-state index < -0.39 is 0 Å². The quantitative estimate of drug-likeness (QED) is 0.591. The van der Waals surface area contributed by atoms with E-state index in [0.29, 0.717) is 17.9 Å². The van der Waals surface area contributed by atoms with Crippen LogP contribution in [-0.4, -0.2) is 27.5 Å². The first-order valence-corrected chi connectivity index (χ1v) is 6.05. The standard InChI is InChI=1S/C11H14N6/c12-10-9-11(15-4-14-10)17(5-16-9)8-2-7-1-6(8)3-13-7/h4-8,13H,1-3H2,(H2,12,14,15)/p+1/t6-,7-,8?/m1/s1. The number of aromatic nitrogens is 4. The molecule has 1 unspecified atom stereocenters. The molecule has 1 saturated heterocycles. The molecule has 4 rings (SSSR count). The fourth-order valence-corrected chi connectivity index (χ4v) is 3.32. The van der Waals surface area contributed by atoms with Gasteiger partial charge in [0.2, 0.25) is 5.52 Å². The lowest BCUT2D eigenvalue weighted by atomic mass is 10.0. The molecule has 3 atom stereocenters. The average molecular weight is 231 g/mol. The Kier molecular flexibility index (Phi) is 1.74. The van der Waals surface area contributed by atoms with Crippen LogP contribution in [0.15, 0.2) is 12.7 Å². The Morgan fingerprint density at radius 3 is 3.06 bits per heavy atom. The van der Waals surface area contributed by atoms with Crippen molar-refractivity contribution in [2.24, 2.45) is 5.92 Å². The molecule has 6 heteroatoms. The van der Waals surface area contributed by atoms with Crippen molar-refractivity contribution in [2.45, 2.75) is 24.9 Å². The SMILES string of the molecule is Nc1ncnc2c1[nH]c[n+]2C1C[C@H]2C[C@@H]1CN2. The minimum Gasteiger partial charge on any atom is -0.380 e. The summed E-state index contributed by atoms with van der Waals surface area (Å²) in [6.07, 6.45) is 5.99. The Balaban J connectivity index is 1.84. The number of fused-ring (bicyclic) bond motifs is 3. The van der Waals surface area contributed by atoms with Crippen molar-refractivity contribution in [1.82, 2.24) is 20.3 Å². The molecule has 88 valence electrons. The summed E-state index contributed by atoms with van der Waals surface area (Å²) in [6, 6.07) is 1.23. The fraction of sp³-hybridized carbons (Fsp3) is 0.545. The number of anilines is 1. The average Bonchev–Trinajstić information content (AvgIpc) is 3.03. The summed E-state index contributed by atoms with van der Waals surface area (Å²) in [5, 5.41) is 3.53. The van der Waals surface area contributed by atoms with Gasteiger partial charge in [0.15, 0.2) is 18.5 Å². The van der Waals surface area contributed by atoms with Gasteiger partial charge in [0.05, 0.1) is 6.04 Å². The molecule has 0 radical (unpaired) electrons. The molecule has 0 aromatic carbocycles. The monoisotopic (exact) mass is 231 g/mol. The van der Waals surface area contributed by atoms with E-state index in [1.165, 1.54) is 19.2 Å². The molecule has 2 aliphatic rings. The third-order valence-electron chi connectivity index (χ3n) is 4.13. The third-order valence-corrected chi connectivity index (χ3v) is 4.13. The lowest BCUT2D eigenvalue weighted by Crippen LogP contribution is -2.45. The van der Waals surface area contributed by atoms with Crippen LogP contribution < -0.4 is 15.6 Å². The van der Waals surface area contributed by atoms with Gasteiger partial charge in [-0.15, -0.1) is 0 Å². The number of nitrogens with zero attached hydrogens (tertiary/aromatic N) is 3. The van der Waals surface area contributed by atoms with Crippen LogP contribution in [-0.2, 0) is 0 Å². The highest BCUT2D eigenvalue weighted by Crippen LogP contribution is 2.37.